The number of carbonyl (C=O) groups is 1. The predicted octanol–water partition coefficient (Wildman–Crippen LogP) is 2.28. The first kappa shape index (κ1) is 19.6. The van der Waals surface area contributed by atoms with E-state index in [4.69, 9.17) is 10.1 Å². The van der Waals surface area contributed by atoms with Crippen molar-refractivity contribution < 1.29 is 9.90 Å². The number of H-pyrrole nitrogens is 1. The molecule has 1 aromatic heterocycles. The molecular weight excluding hydrogens is 342 g/mol. The van der Waals surface area contributed by atoms with Gasteiger partial charge in [-0.1, -0.05) is 19.9 Å². The van der Waals surface area contributed by atoms with E-state index in [0.29, 0.717) is 13.1 Å². The molecule has 27 heavy (non-hydrogen) atoms. The number of imidazole rings is 1. The van der Waals surface area contributed by atoms with E-state index in [1.807, 2.05) is 17.0 Å². The molecule has 3 rings (SSSR count). The summed E-state index contributed by atoms with van der Waals surface area (Å²) in [4.78, 5) is 25.0. The molecule has 0 aliphatic carbocycles. The standard InChI is InChI=1S/C20H31N5O2/c1-14(2)18(19-21-16-6-5-15(3)13-17(16)22-19)23-20(27)25-10-8-24(9-11-25)7-4-12-26/h5-6,13-14,18,26H,4,7-12H2,1-3H3,(H,21,22)(H,23,27)/t18-/m1/s1. The Kier molecular flexibility index (Phi) is 6.34. The summed E-state index contributed by atoms with van der Waals surface area (Å²) in [5.74, 6) is 1.03. The summed E-state index contributed by atoms with van der Waals surface area (Å²) < 4.78 is 0. The molecule has 1 aliphatic rings. The fourth-order valence-corrected chi connectivity index (χ4v) is 3.53. The molecule has 7 heteroatoms. The van der Waals surface area contributed by atoms with Crippen LogP contribution in [0.15, 0.2) is 18.2 Å². The van der Waals surface area contributed by atoms with E-state index in [2.05, 4.69) is 42.0 Å². The van der Waals surface area contributed by atoms with Crippen molar-refractivity contribution in [2.24, 2.45) is 5.92 Å². The van der Waals surface area contributed by atoms with Crippen LogP contribution >= 0.6 is 0 Å². The van der Waals surface area contributed by atoms with Crippen LogP contribution in [0.3, 0.4) is 0 Å². The molecule has 2 heterocycles. The number of aromatic amines is 1. The van der Waals surface area contributed by atoms with Gasteiger partial charge in [-0.15, -0.1) is 0 Å². The molecular formula is C20H31N5O2. The van der Waals surface area contributed by atoms with Crippen molar-refractivity contribution in [3.8, 4) is 0 Å². The first-order valence-corrected chi connectivity index (χ1v) is 9.83. The Balaban J connectivity index is 1.64. The van der Waals surface area contributed by atoms with Crippen molar-refractivity contribution in [2.45, 2.75) is 33.2 Å². The zero-order chi connectivity index (χ0) is 19.4. The first-order valence-electron chi connectivity index (χ1n) is 9.83. The van der Waals surface area contributed by atoms with Crippen molar-refractivity contribution in [2.75, 3.05) is 39.3 Å². The number of piperazine rings is 1. The minimum atomic E-state index is -0.155. The quantitative estimate of drug-likeness (QED) is 0.725. The zero-order valence-corrected chi connectivity index (χ0v) is 16.5. The number of rotatable bonds is 6. The molecule has 2 amide bonds. The monoisotopic (exact) mass is 373 g/mol. The highest BCUT2D eigenvalue weighted by Gasteiger charge is 2.26. The number of carbonyl (C=O) groups excluding carboxylic acids is 1. The molecule has 1 aromatic carbocycles. The van der Waals surface area contributed by atoms with E-state index in [9.17, 15) is 4.79 Å². The minimum absolute atomic E-state index is 0.0351. The third kappa shape index (κ3) is 4.78. The van der Waals surface area contributed by atoms with E-state index < -0.39 is 0 Å². The highest BCUT2D eigenvalue weighted by Crippen LogP contribution is 2.23. The lowest BCUT2D eigenvalue weighted by atomic mass is 10.0. The summed E-state index contributed by atoms with van der Waals surface area (Å²) >= 11 is 0. The Hall–Kier alpha value is -2.12. The molecule has 1 aliphatic heterocycles. The lowest BCUT2D eigenvalue weighted by Gasteiger charge is -2.35. The molecule has 1 fully saturated rings. The molecule has 1 atom stereocenters. The lowest BCUT2D eigenvalue weighted by molar-refractivity contribution is 0.129. The van der Waals surface area contributed by atoms with E-state index >= 15 is 0 Å². The molecule has 0 saturated carbocycles. The molecule has 148 valence electrons. The maximum Gasteiger partial charge on any atom is 0.318 e. The molecule has 3 N–H and O–H groups in total. The van der Waals surface area contributed by atoms with Gasteiger partial charge >= 0.3 is 6.03 Å². The molecule has 7 nitrogen and oxygen atoms in total. The Labute approximate surface area is 160 Å². The molecule has 0 radical (unpaired) electrons. The van der Waals surface area contributed by atoms with Crippen LogP contribution in [0.5, 0.6) is 0 Å². The van der Waals surface area contributed by atoms with Gasteiger partial charge in [0.05, 0.1) is 17.1 Å². The fourth-order valence-electron chi connectivity index (χ4n) is 3.53. The van der Waals surface area contributed by atoms with Crippen LogP contribution in [0.1, 0.15) is 37.7 Å². The third-order valence-electron chi connectivity index (χ3n) is 5.19. The van der Waals surface area contributed by atoms with Gasteiger partial charge < -0.3 is 20.3 Å². The number of hydrogen-bond donors (Lipinski definition) is 3. The van der Waals surface area contributed by atoms with Crippen LogP contribution in [0, 0.1) is 12.8 Å². The third-order valence-corrected chi connectivity index (χ3v) is 5.19. The van der Waals surface area contributed by atoms with Crippen LogP contribution in [0.25, 0.3) is 11.0 Å². The number of benzene rings is 1. The van der Waals surface area contributed by atoms with Crippen molar-refractivity contribution in [3.63, 3.8) is 0 Å². The maximum atomic E-state index is 12.8. The first-order chi connectivity index (χ1) is 13.0. The Morgan fingerprint density at radius 1 is 1.30 bits per heavy atom. The Bertz CT molecular complexity index is 765. The van der Waals surface area contributed by atoms with E-state index in [1.165, 1.54) is 5.56 Å². The average molecular weight is 374 g/mol. The summed E-state index contributed by atoms with van der Waals surface area (Å²) in [6.07, 6.45) is 0.785. The molecule has 0 unspecified atom stereocenters. The zero-order valence-electron chi connectivity index (χ0n) is 16.5. The molecule has 2 aromatic rings. The topological polar surface area (TPSA) is 84.5 Å². The van der Waals surface area contributed by atoms with Crippen LogP contribution in [0.2, 0.25) is 0 Å². The van der Waals surface area contributed by atoms with Crippen LogP contribution in [0.4, 0.5) is 4.79 Å². The van der Waals surface area contributed by atoms with E-state index in [-0.39, 0.29) is 24.6 Å². The average Bonchev–Trinajstić information content (AvgIpc) is 3.07. The summed E-state index contributed by atoms with van der Waals surface area (Å²) in [6, 6.07) is 5.95. The van der Waals surface area contributed by atoms with Gasteiger partial charge in [-0.2, -0.15) is 0 Å². The molecule has 0 bridgehead atoms. The number of aromatic nitrogens is 2. The number of nitrogens with one attached hydrogen (secondary N) is 2. The highest BCUT2D eigenvalue weighted by atomic mass is 16.3. The molecule has 1 saturated heterocycles. The number of aliphatic hydroxyl groups excluding tert-OH is 1. The van der Waals surface area contributed by atoms with Crippen molar-refractivity contribution in [1.29, 1.82) is 0 Å². The number of aliphatic hydroxyl groups is 1. The SMILES string of the molecule is Cc1ccc2nc([C@H](NC(=O)N3CCN(CCCO)CC3)C(C)C)[nH]c2c1. The van der Waals surface area contributed by atoms with Crippen molar-refractivity contribution >= 4 is 17.1 Å². The van der Waals surface area contributed by atoms with Gasteiger partial charge in [0, 0.05) is 39.3 Å². The van der Waals surface area contributed by atoms with Gasteiger partial charge in [-0.25, -0.2) is 9.78 Å². The number of amides is 2. The van der Waals surface area contributed by atoms with Gasteiger partial charge in [0.25, 0.3) is 0 Å². The number of hydrogen-bond acceptors (Lipinski definition) is 4. The number of nitrogens with zero attached hydrogens (tertiary/aromatic N) is 3. The second kappa shape index (κ2) is 8.71. The van der Waals surface area contributed by atoms with Crippen LogP contribution < -0.4 is 5.32 Å². The Morgan fingerprint density at radius 2 is 2.04 bits per heavy atom. The van der Waals surface area contributed by atoms with Gasteiger partial charge in [0.1, 0.15) is 5.82 Å². The maximum absolute atomic E-state index is 12.8. The number of aryl methyl sites for hydroxylation is 1. The number of urea groups is 1. The highest BCUT2D eigenvalue weighted by molar-refractivity contribution is 5.77. The van der Waals surface area contributed by atoms with Crippen LogP contribution in [-0.4, -0.2) is 70.2 Å². The second-order valence-electron chi connectivity index (χ2n) is 7.72. The van der Waals surface area contributed by atoms with Gasteiger partial charge in [-0.3, -0.25) is 4.90 Å². The van der Waals surface area contributed by atoms with Gasteiger partial charge in [0.2, 0.25) is 0 Å². The minimum Gasteiger partial charge on any atom is -0.396 e. The second-order valence-corrected chi connectivity index (χ2v) is 7.72. The van der Waals surface area contributed by atoms with E-state index in [0.717, 1.165) is 42.9 Å². The largest absolute Gasteiger partial charge is 0.396 e. The fraction of sp³-hybridized carbons (Fsp3) is 0.600. The summed E-state index contributed by atoms with van der Waals surface area (Å²) in [5, 5.41) is 12.1. The molecule has 0 spiro atoms. The summed E-state index contributed by atoms with van der Waals surface area (Å²) in [5.41, 5.74) is 3.11. The number of fused-ring (bicyclic) bond motifs is 1. The summed E-state index contributed by atoms with van der Waals surface area (Å²) in [6.45, 7) is 10.5. The van der Waals surface area contributed by atoms with E-state index in [1.54, 1.807) is 0 Å². The predicted molar refractivity (Wildman–Crippen MR) is 107 cm³/mol. The summed E-state index contributed by atoms with van der Waals surface area (Å²) in [7, 11) is 0. The van der Waals surface area contributed by atoms with Gasteiger partial charge in [-0.05, 0) is 37.0 Å². The van der Waals surface area contributed by atoms with Crippen LogP contribution in [-0.2, 0) is 0 Å². The lowest BCUT2D eigenvalue weighted by Crippen LogP contribution is -2.52. The van der Waals surface area contributed by atoms with Crippen molar-refractivity contribution in [1.82, 2.24) is 25.1 Å². The Morgan fingerprint density at radius 3 is 2.70 bits per heavy atom. The van der Waals surface area contributed by atoms with Crippen molar-refractivity contribution in [3.05, 3.63) is 29.6 Å². The normalized spacial score (nSPS) is 16.9. The smallest absolute Gasteiger partial charge is 0.318 e. The van der Waals surface area contributed by atoms with Gasteiger partial charge in [0.15, 0.2) is 0 Å².